The van der Waals surface area contributed by atoms with E-state index >= 15 is 0 Å². The Morgan fingerprint density at radius 3 is 2.33 bits per heavy atom. The Balaban J connectivity index is 2.24. The average molecular weight is 404 g/mol. The summed E-state index contributed by atoms with van der Waals surface area (Å²) < 4.78 is 6.35. The summed E-state index contributed by atoms with van der Waals surface area (Å²) in [5.74, 6) is 0.0346. The number of aryl methyl sites for hydroxylation is 1. The topological polar surface area (TPSA) is 38.3 Å². The van der Waals surface area contributed by atoms with Gasteiger partial charge in [0.25, 0.3) is 0 Å². The van der Waals surface area contributed by atoms with E-state index in [1.54, 1.807) is 0 Å². The molecule has 0 aliphatic rings. The van der Waals surface area contributed by atoms with Gasteiger partial charge in [-0.25, -0.2) is 0 Å². The standard InChI is InChI=1S/C22H30ClNO2Si/c1-16-8-7-9-17(14-16)21(25)20(15-26-27(5,6)22(2,3)4)24-19-12-10-18(23)11-13-19/h7-14,20,24H,15H2,1-6H3. The van der Waals surface area contributed by atoms with Crippen molar-refractivity contribution in [1.82, 2.24) is 0 Å². The van der Waals surface area contributed by atoms with Crippen LogP contribution in [-0.2, 0) is 4.43 Å². The fourth-order valence-corrected chi connectivity index (χ4v) is 3.58. The number of carbonyl (C=O) groups excluding carboxylic acids is 1. The van der Waals surface area contributed by atoms with Gasteiger partial charge in [-0.3, -0.25) is 4.79 Å². The number of hydrogen-bond acceptors (Lipinski definition) is 3. The Kier molecular flexibility index (Phi) is 6.90. The van der Waals surface area contributed by atoms with E-state index in [0.717, 1.165) is 11.3 Å². The average Bonchev–Trinajstić information content (AvgIpc) is 2.58. The van der Waals surface area contributed by atoms with Gasteiger partial charge in [0.05, 0.1) is 6.61 Å². The van der Waals surface area contributed by atoms with Crippen molar-refractivity contribution in [2.24, 2.45) is 0 Å². The predicted octanol–water partition coefficient (Wildman–Crippen LogP) is 6.33. The van der Waals surface area contributed by atoms with Crippen LogP contribution in [0.5, 0.6) is 0 Å². The summed E-state index contributed by atoms with van der Waals surface area (Å²) in [6.45, 7) is 13.3. The molecule has 2 aromatic carbocycles. The van der Waals surface area contributed by atoms with Gasteiger partial charge in [-0.1, -0.05) is 56.1 Å². The number of carbonyl (C=O) groups is 1. The Morgan fingerprint density at radius 1 is 1.15 bits per heavy atom. The highest BCUT2D eigenvalue weighted by Gasteiger charge is 2.38. The highest BCUT2D eigenvalue weighted by Crippen LogP contribution is 2.36. The molecule has 2 aromatic rings. The summed E-state index contributed by atoms with van der Waals surface area (Å²) in [4.78, 5) is 13.2. The van der Waals surface area contributed by atoms with E-state index in [1.165, 1.54) is 0 Å². The zero-order valence-electron chi connectivity index (χ0n) is 17.1. The minimum atomic E-state index is -1.96. The van der Waals surface area contributed by atoms with Crippen LogP contribution in [0.2, 0.25) is 23.2 Å². The van der Waals surface area contributed by atoms with Gasteiger partial charge in [-0.2, -0.15) is 0 Å². The minimum Gasteiger partial charge on any atom is -0.414 e. The largest absolute Gasteiger partial charge is 0.414 e. The van der Waals surface area contributed by atoms with E-state index in [2.05, 4.69) is 39.2 Å². The number of rotatable bonds is 7. The van der Waals surface area contributed by atoms with Crippen molar-refractivity contribution in [2.75, 3.05) is 11.9 Å². The summed E-state index contributed by atoms with van der Waals surface area (Å²) in [6, 6.07) is 14.6. The fraction of sp³-hybridized carbons (Fsp3) is 0.409. The Hall–Kier alpha value is -1.62. The molecule has 0 aromatic heterocycles. The van der Waals surface area contributed by atoms with Gasteiger partial charge in [0.2, 0.25) is 0 Å². The molecule has 5 heteroatoms. The van der Waals surface area contributed by atoms with E-state index in [4.69, 9.17) is 16.0 Å². The lowest BCUT2D eigenvalue weighted by Crippen LogP contribution is -2.45. The third kappa shape index (κ3) is 5.93. The minimum absolute atomic E-state index is 0.0346. The zero-order valence-corrected chi connectivity index (χ0v) is 18.9. The van der Waals surface area contributed by atoms with Crippen LogP contribution in [0.25, 0.3) is 0 Å². The van der Waals surface area contributed by atoms with Crippen molar-refractivity contribution in [2.45, 2.75) is 51.9 Å². The summed E-state index contributed by atoms with van der Waals surface area (Å²) in [6.07, 6.45) is 0. The smallest absolute Gasteiger partial charge is 0.192 e. The molecule has 1 N–H and O–H groups in total. The SMILES string of the molecule is Cc1cccc(C(=O)C(CO[Si](C)(C)C(C)(C)C)Nc2ccc(Cl)cc2)c1. The lowest BCUT2D eigenvalue weighted by molar-refractivity contribution is 0.0940. The summed E-state index contributed by atoms with van der Waals surface area (Å²) in [7, 11) is -1.96. The van der Waals surface area contributed by atoms with E-state index in [9.17, 15) is 4.79 Å². The van der Waals surface area contributed by atoms with Gasteiger partial charge in [0.1, 0.15) is 6.04 Å². The molecule has 1 atom stereocenters. The summed E-state index contributed by atoms with van der Waals surface area (Å²) in [5, 5.41) is 4.09. The second kappa shape index (κ2) is 8.59. The number of ketones is 1. The third-order valence-electron chi connectivity index (χ3n) is 5.22. The number of halogens is 1. The quantitative estimate of drug-likeness (QED) is 0.433. The first-order valence-corrected chi connectivity index (χ1v) is 12.6. The number of nitrogens with one attached hydrogen (secondary N) is 1. The van der Waals surface area contributed by atoms with Crippen LogP contribution >= 0.6 is 11.6 Å². The molecule has 0 heterocycles. The van der Waals surface area contributed by atoms with E-state index in [0.29, 0.717) is 17.2 Å². The normalized spacial score (nSPS) is 13.3. The third-order valence-corrected chi connectivity index (χ3v) is 9.97. The van der Waals surface area contributed by atoms with Gasteiger partial charge >= 0.3 is 0 Å². The summed E-state index contributed by atoms with van der Waals surface area (Å²) >= 11 is 5.98. The van der Waals surface area contributed by atoms with E-state index in [1.807, 2.05) is 55.5 Å². The van der Waals surface area contributed by atoms with Gasteiger partial charge in [0.15, 0.2) is 14.1 Å². The van der Waals surface area contributed by atoms with Crippen LogP contribution in [0.1, 0.15) is 36.7 Å². The van der Waals surface area contributed by atoms with Crippen LogP contribution in [0.4, 0.5) is 5.69 Å². The molecule has 0 saturated heterocycles. The summed E-state index contributed by atoms with van der Waals surface area (Å²) in [5.41, 5.74) is 2.61. The number of Topliss-reactive ketones (excluding diaryl/α,β-unsaturated/α-hetero) is 1. The molecule has 0 spiro atoms. The van der Waals surface area contributed by atoms with Crippen molar-refractivity contribution >= 4 is 31.4 Å². The second-order valence-electron chi connectivity index (χ2n) is 8.51. The van der Waals surface area contributed by atoms with Crippen LogP contribution in [0.3, 0.4) is 0 Å². The molecule has 1 unspecified atom stereocenters. The van der Waals surface area contributed by atoms with E-state index < -0.39 is 14.4 Å². The maximum Gasteiger partial charge on any atom is 0.192 e. The van der Waals surface area contributed by atoms with Gasteiger partial charge < -0.3 is 9.74 Å². The zero-order chi connectivity index (χ0) is 20.2. The Bertz CT molecular complexity index is 782. The fourth-order valence-electron chi connectivity index (χ4n) is 2.44. The van der Waals surface area contributed by atoms with Crippen LogP contribution in [0.15, 0.2) is 48.5 Å². The second-order valence-corrected chi connectivity index (χ2v) is 13.8. The van der Waals surface area contributed by atoms with Crippen molar-refractivity contribution in [3.63, 3.8) is 0 Å². The first-order chi connectivity index (χ1) is 12.5. The van der Waals surface area contributed by atoms with Crippen LogP contribution in [0, 0.1) is 6.92 Å². The predicted molar refractivity (Wildman–Crippen MR) is 118 cm³/mol. The van der Waals surface area contributed by atoms with Gasteiger partial charge in [0, 0.05) is 16.3 Å². The molecule has 0 amide bonds. The Labute approximate surface area is 169 Å². The number of benzene rings is 2. The first-order valence-electron chi connectivity index (χ1n) is 9.26. The molecule has 27 heavy (non-hydrogen) atoms. The van der Waals surface area contributed by atoms with E-state index in [-0.39, 0.29) is 10.8 Å². The number of anilines is 1. The van der Waals surface area contributed by atoms with Gasteiger partial charge in [-0.05, 0) is 55.4 Å². The molecule has 0 fully saturated rings. The molecular weight excluding hydrogens is 374 g/mol. The molecular formula is C22H30ClNO2Si. The molecule has 0 aliphatic heterocycles. The molecule has 0 aliphatic carbocycles. The lowest BCUT2D eigenvalue weighted by Gasteiger charge is -2.37. The molecule has 3 nitrogen and oxygen atoms in total. The van der Waals surface area contributed by atoms with Crippen molar-refractivity contribution < 1.29 is 9.22 Å². The molecule has 2 rings (SSSR count). The monoisotopic (exact) mass is 403 g/mol. The maximum absolute atomic E-state index is 13.2. The molecule has 146 valence electrons. The first kappa shape index (κ1) is 21.7. The van der Waals surface area contributed by atoms with Crippen LogP contribution in [-0.4, -0.2) is 26.7 Å². The highest BCUT2D eigenvalue weighted by molar-refractivity contribution is 6.74. The van der Waals surface area contributed by atoms with Crippen molar-refractivity contribution in [3.8, 4) is 0 Å². The highest BCUT2D eigenvalue weighted by atomic mass is 35.5. The molecule has 0 saturated carbocycles. The molecule has 0 bridgehead atoms. The maximum atomic E-state index is 13.2. The molecule has 0 radical (unpaired) electrons. The van der Waals surface area contributed by atoms with Crippen molar-refractivity contribution in [3.05, 3.63) is 64.7 Å². The van der Waals surface area contributed by atoms with Crippen molar-refractivity contribution in [1.29, 1.82) is 0 Å². The van der Waals surface area contributed by atoms with Gasteiger partial charge in [-0.15, -0.1) is 0 Å². The van der Waals surface area contributed by atoms with Crippen LogP contribution < -0.4 is 5.32 Å². The lowest BCUT2D eigenvalue weighted by atomic mass is 10.0. The number of hydrogen-bond donors (Lipinski definition) is 1. The Morgan fingerprint density at radius 2 is 1.78 bits per heavy atom.